The van der Waals surface area contributed by atoms with E-state index in [4.69, 9.17) is 9.47 Å². The number of benzene rings is 2. The lowest BCUT2D eigenvalue weighted by molar-refractivity contribution is -0.534. The highest BCUT2D eigenvalue weighted by atomic mass is 16.6. The molecule has 0 aliphatic carbocycles. The Morgan fingerprint density at radius 1 is 0.935 bits per heavy atom. The molecular weight excluding hydrogens is 396 g/mol. The summed E-state index contributed by atoms with van der Waals surface area (Å²) in [5.41, 5.74) is 1.34. The summed E-state index contributed by atoms with van der Waals surface area (Å²) in [7, 11) is 1.54. The van der Waals surface area contributed by atoms with Crippen molar-refractivity contribution in [3.8, 4) is 5.75 Å². The van der Waals surface area contributed by atoms with Crippen molar-refractivity contribution >= 4 is 6.09 Å². The van der Waals surface area contributed by atoms with Gasteiger partial charge in [-0.3, -0.25) is 10.1 Å². The van der Waals surface area contributed by atoms with Crippen LogP contribution in [-0.2, 0) is 10.2 Å². The Kier molecular flexibility index (Phi) is 7.31. The average Bonchev–Trinajstić information content (AvgIpc) is 2.65. The van der Waals surface area contributed by atoms with Crippen LogP contribution in [0.4, 0.5) is 4.79 Å². The van der Waals surface area contributed by atoms with Crippen molar-refractivity contribution in [2.75, 3.05) is 7.11 Å². The standard InChI is InChI=1S/C24H32N2O5/c1-23(2,3)18-12-8-17(9-13-18)21(26(28)29)20(25-22(27)31-24(4,5)6)16-10-14-19(30-7)15-11-16/h8-15,20-21H,1-7H3,(H,25,27)/t20-,21+/m1/s1. The Morgan fingerprint density at radius 3 is 1.87 bits per heavy atom. The van der Waals surface area contributed by atoms with Crippen LogP contribution in [0.1, 0.15) is 70.3 Å². The quantitative estimate of drug-likeness (QED) is 0.479. The number of nitro groups is 1. The molecule has 7 nitrogen and oxygen atoms in total. The predicted octanol–water partition coefficient (Wildman–Crippen LogP) is 5.58. The molecule has 0 spiro atoms. The monoisotopic (exact) mass is 428 g/mol. The third kappa shape index (κ3) is 6.70. The largest absolute Gasteiger partial charge is 0.497 e. The van der Waals surface area contributed by atoms with Gasteiger partial charge >= 0.3 is 6.09 Å². The Hall–Kier alpha value is -3.09. The third-order valence-corrected chi connectivity index (χ3v) is 4.81. The van der Waals surface area contributed by atoms with E-state index in [1.807, 2.05) is 12.1 Å². The molecule has 2 rings (SSSR count). The number of rotatable bonds is 6. The van der Waals surface area contributed by atoms with E-state index in [0.29, 0.717) is 16.9 Å². The van der Waals surface area contributed by atoms with Gasteiger partial charge in [0.2, 0.25) is 0 Å². The first kappa shape index (κ1) is 24.2. The van der Waals surface area contributed by atoms with E-state index in [0.717, 1.165) is 5.56 Å². The van der Waals surface area contributed by atoms with Crippen LogP contribution in [0.5, 0.6) is 5.75 Å². The Labute approximate surface area is 183 Å². The first-order valence-corrected chi connectivity index (χ1v) is 10.2. The van der Waals surface area contributed by atoms with Crippen LogP contribution in [0.15, 0.2) is 48.5 Å². The van der Waals surface area contributed by atoms with Gasteiger partial charge in [-0.1, -0.05) is 57.2 Å². The number of nitrogens with zero attached hydrogens (tertiary/aromatic N) is 1. The molecule has 2 aromatic carbocycles. The number of carbonyl (C=O) groups excluding carboxylic acids is 1. The number of hydrogen-bond donors (Lipinski definition) is 1. The summed E-state index contributed by atoms with van der Waals surface area (Å²) in [6.45, 7) is 11.5. The van der Waals surface area contributed by atoms with E-state index in [2.05, 4.69) is 26.1 Å². The van der Waals surface area contributed by atoms with Crippen LogP contribution in [0.25, 0.3) is 0 Å². The van der Waals surface area contributed by atoms with Gasteiger partial charge in [-0.15, -0.1) is 0 Å². The summed E-state index contributed by atoms with van der Waals surface area (Å²) in [5.74, 6) is 0.618. The third-order valence-electron chi connectivity index (χ3n) is 4.81. The molecule has 0 aliphatic rings. The molecule has 7 heteroatoms. The van der Waals surface area contributed by atoms with Crippen LogP contribution in [0.3, 0.4) is 0 Å². The van der Waals surface area contributed by atoms with E-state index in [1.165, 1.54) is 0 Å². The summed E-state index contributed by atoms with van der Waals surface area (Å²) >= 11 is 0. The van der Waals surface area contributed by atoms with Crippen LogP contribution in [0.2, 0.25) is 0 Å². The van der Waals surface area contributed by atoms with Gasteiger partial charge in [0.1, 0.15) is 17.4 Å². The zero-order chi connectivity index (χ0) is 23.4. The fraction of sp³-hybridized carbons (Fsp3) is 0.458. The molecular formula is C24H32N2O5. The Morgan fingerprint density at radius 2 is 1.45 bits per heavy atom. The minimum atomic E-state index is -1.20. The molecule has 168 valence electrons. The first-order valence-electron chi connectivity index (χ1n) is 10.2. The summed E-state index contributed by atoms with van der Waals surface area (Å²) in [6, 6.07) is 12.0. The maximum Gasteiger partial charge on any atom is 0.408 e. The second kappa shape index (κ2) is 9.37. The number of ether oxygens (including phenoxy) is 2. The topological polar surface area (TPSA) is 90.7 Å². The lowest BCUT2D eigenvalue weighted by Crippen LogP contribution is -2.39. The highest BCUT2D eigenvalue weighted by molar-refractivity contribution is 5.68. The van der Waals surface area contributed by atoms with E-state index in [9.17, 15) is 14.9 Å². The van der Waals surface area contributed by atoms with Crippen molar-refractivity contribution in [3.63, 3.8) is 0 Å². The molecule has 0 aromatic heterocycles. The molecule has 2 atom stereocenters. The summed E-state index contributed by atoms with van der Waals surface area (Å²) in [4.78, 5) is 24.3. The van der Waals surface area contributed by atoms with E-state index in [-0.39, 0.29) is 10.3 Å². The van der Waals surface area contributed by atoms with Crippen molar-refractivity contribution in [1.82, 2.24) is 5.32 Å². The van der Waals surface area contributed by atoms with Gasteiger partial charge in [0.25, 0.3) is 6.04 Å². The molecule has 0 saturated carbocycles. The van der Waals surface area contributed by atoms with E-state index < -0.39 is 23.8 Å². The Balaban J connectivity index is 2.48. The molecule has 0 fully saturated rings. The lowest BCUT2D eigenvalue weighted by Gasteiger charge is -2.26. The summed E-state index contributed by atoms with van der Waals surface area (Å²) < 4.78 is 10.6. The maximum atomic E-state index is 12.5. The van der Waals surface area contributed by atoms with Crippen molar-refractivity contribution in [2.45, 2.75) is 64.6 Å². The van der Waals surface area contributed by atoms with Crippen molar-refractivity contribution in [2.24, 2.45) is 0 Å². The lowest BCUT2D eigenvalue weighted by atomic mass is 9.85. The molecule has 0 saturated heterocycles. The normalized spacial score (nSPS) is 13.8. The number of methoxy groups -OCH3 is 1. The average molecular weight is 429 g/mol. The molecule has 0 bridgehead atoms. The second-order valence-electron chi connectivity index (χ2n) is 9.50. The number of carbonyl (C=O) groups is 1. The van der Waals surface area contributed by atoms with Gasteiger partial charge in [-0.25, -0.2) is 4.79 Å². The zero-order valence-electron chi connectivity index (χ0n) is 19.3. The summed E-state index contributed by atoms with van der Waals surface area (Å²) in [6.07, 6.45) is -0.716. The van der Waals surface area contributed by atoms with Crippen LogP contribution in [0, 0.1) is 10.1 Å². The number of nitrogens with one attached hydrogen (secondary N) is 1. The van der Waals surface area contributed by atoms with Crippen LogP contribution in [-0.4, -0.2) is 23.7 Å². The van der Waals surface area contributed by atoms with Gasteiger partial charge in [0.15, 0.2) is 0 Å². The number of alkyl carbamates (subject to hydrolysis) is 1. The minimum Gasteiger partial charge on any atom is -0.497 e. The highest BCUT2D eigenvalue weighted by Gasteiger charge is 2.37. The maximum absolute atomic E-state index is 12.5. The molecule has 1 amide bonds. The molecule has 0 unspecified atom stereocenters. The predicted molar refractivity (Wildman–Crippen MR) is 120 cm³/mol. The van der Waals surface area contributed by atoms with Crippen molar-refractivity contribution in [1.29, 1.82) is 0 Å². The molecule has 0 heterocycles. The highest BCUT2D eigenvalue weighted by Crippen LogP contribution is 2.34. The van der Waals surface area contributed by atoms with Crippen LogP contribution >= 0.6 is 0 Å². The fourth-order valence-corrected chi connectivity index (χ4v) is 3.21. The molecule has 31 heavy (non-hydrogen) atoms. The van der Waals surface area contributed by atoms with Gasteiger partial charge < -0.3 is 14.8 Å². The van der Waals surface area contributed by atoms with E-state index >= 15 is 0 Å². The van der Waals surface area contributed by atoms with Crippen molar-refractivity contribution in [3.05, 3.63) is 75.3 Å². The molecule has 0 aliphatic heterocycles. The fourth-order valence-electron chi connectivity index (χ4n) is 3.21. The van der Waals surface area contributed by atoms with Gasteiger partial charge in [-0.05, 0) is 49.4 Å². The van der Waals surface area contributed by atoms with Crippen LogP contribution < -0.4 is 10.1 Å². The zero-order valence-corrected chi connectivity index (χ0v) is 19.3. The smallest absolute Gasteiger partial charge is 0.408 e. The summed E-state index contributed by atoms with van der Waals surface area (Å²) in [5, 5.41) is 14.9. The molecule has 0 radical (unpaired) electrons. The van der Waals surface area contributed by atoms with Gasteiger partial charge in [0.05, 0.1) is 7.11 Å². The van der Waals surface area contributed by atoms with Gasteiger partial charge in [0, 0.05) is 10.5 Å². The number of amides is 1. The second-order valence-corrected chi connectivity index (χ2v) is 9.50. The molecule has 2 aromatic rings. The first-order chi connectivity index (χ1) is 14.3. The SMILES string of the molecule is COc1ccc([C@@H](NC(=O)OC(C)(C)C)[C@H](c2ccc(C(C)(C)C)cc2)[N+](=O)[O-])cc1. The van der Waals surface area contributed by atoms with Crippen molar-refractivity contribution < 1.29 is 19.2 Å². The number of hydrogen-bond acceptors (Lipinski definition) is 5. The van der Waals surface area contributed by atoms with Gasteiger partial charge in [-0.2, -0.15) is 0 Å². The molecule has 1 N–H and O–H groups in total. The minimum absolute atomic E-state index is 0.0766. The Bertz CT molecular complexity index is 894. The van der Waals surface area contributed by atoms with E-state index in [1.54, 1.807) is 64.3 Å².